The number of anilines is 1. The molecular weight excluding hydrogens is 499 g/mol. The molecule has 0 saturated carbocycles. The van der Waals surface area contributed by atoms with Crippen molar-refractivity contribution in [1.82, 2.24) is 0 Å². The van der Waals surface area contributed by atoms with Crippen molar-refractivity contribution in [2.24, 2.45) is 11.7 Å². The molecule has 8 heteroatoms. The summed E-state index contributed by atoms with van der Waals surface area (Å²) in [5.41, 5.74) is 9.45. The first-order valence-corrected chi connectivity index (χ1v) is 12.5. The summed E-state index contributed by atoms with van der Waals surface area (Å²) >= 11 is 0. The summed E-state index contributed by atoms with van der Waals surface area (Å²) in [6.07, 6.45) is 0.257. The summed E-state index contributed by atoms with van der Waals surface area (Å²) in [4.78, 5) is 42.6. The van der Waals surface area contributed by atoms with E-state index in [1.54, 1.807) is 4.90 Å². The molecule has 0 bridgehead atoms. The van der Waals surface area contributed by atoms with Gasteiger partial charge in [-0.05, 0) is 41.8 Å². The second-order valence-corrected chi connectivity index (χ2v) is 9.39. The van der Waals surface area contributed by atoms with Gasteiger partial charge in [-0.15, -0.1) is 0 Å². The van der Waals surface area contributed by atoms with E-state index in [-0.39, 0.29) is 23.4 Å². The van der Waals surface area contributed by atoms with Crippen LogP contribution in [0.5, 0.6) is 0 Å². The van der Waals surface area contributed by atoms with Gasteiger partial charge in [-0.2, -0.15) is 0 Å². The van der Waals surface area contributed by atoms with Gasteiger partial charge in [0.05, 0.1) is 25.7 Å². The van der Waals surface area contributed by atoms with Gasteiger partial charge < -0.3 is 15.2 Å². The third kappa shape index (κ3) is 4.48. The van der Waals surface area contributed by atoms with Crippen LogP contribution in [0.25, 0.3) is 0 Å². The normalized spacial score (nSPS) is 20.9. The average molecular weight is 527 g/mol. The number of para-hydroxylation sites is 1. The van der Waals surface area contributed by atoms with Gasteiger partial charge in [-0.3, -0.25) is 14.5 Å². The van der Waals surface area contributed by atoms with Crippen LogP contribution >= 0.6 is 0 Å². The van der Waals surface area contributed by atoms with Crippen LogP contribution < -0.4 is 10.6 Å². The molecule has 198 valence electrons. The van der Waals surface area contributed by atoms with Crippen LogP contribution in [0.1, 0.15) is 29.4 Å². The van der Waals surface area contributed by atoms with Gasteiger partial charge in [0.2, 0.25) is 0 Å². The monoisotopic (exact) mass is 526 g/mol. The van der Waals surface area contributed by atoms with E-state index in [4.69, 9.17) is 15.2 Å². The number of nitrogens with two attached hydrogens (primary N) is 1. The SMILES string of the molecule is COC(=O)C1=C(N)N(c2ccccc2)C2=C(C(=O)[C@H](C(=O)OC)[C@@H](c3ccccc3)C2)[C@@H]1c1ccc(F)cc1. The Morgan fingerprint density at radius 1 is 0.872 bits per heavy atom. The molecule has 0 saturated heterocycles. The molecule has 7 nitrogen and oxygen atoms in total. The fourth-order valence-electron chi connectivity index (χ4n) is 5.61. The Morgan fingerprint density at radius 2 is 1.49 bits per heavy atom. The summed E-state index contributed by atoms with van der Waals surface area (Å²) in [5.74, 6) is -4.96. The second-order valence-electron chi connectivity index (χ2n) is 9.39. The highest BCUT2D eigenvalue weighted by Gasteiger charge is 2.51. The standard InChI is InChI=1S/C31H27FN2O5/c1-38-30(36)25-22(18-9-5-3-6-10-18)17-23-26(28(25)35)24(19-13-15-20(32)16-14-19)27(31(37)39-2)29(33)34(23)21-11-7-4-8-12-21/h3-16,22,24-25H,17,33H2,1-2H3/t22-,24+,25-/m1/s1. The molecule has 1 heterocycles. The van der Waals surface area contributed by atoms with Gasteiger partial charge in [-0.1, -0.05) is 60.7 Å². The number of rotatable bonds is 5. The summed E-state index contributed by atoms with van der Waals surface area (Å²) < 4.78 is 24.1. The second kappa shape index (κ2) is 10.6. The lowest BCUT2D eigenvalue weighted by molar-refractivity contribution is -0.150. The molecule has 0 fully saturated rings. The maximum Gasteiger partial charge on any atom is 0.338 e. The van der Waals surface area contributed by atoms with E-state index in [0.29, 0.717) is 16.9 Å². The van der Waals surface area contributed by atoms with Crippen molar-refractivity contribution in [2.45, 2.75) is 18.3 Å². The lowest BCUT2D eigenvalue weighted by atomic mass is 9.67. The molecule has 3 atom stereocenters. The first kappa shape index (κ1) is 25.9. The van der Waals surface area contributed by atoms with Crippen molar-refractivity contribution < 1.29 is 28.2 Å². The lowest BCUT2D eigenvalue weighted by Crippen LogP contribution is -2.46. The number of allylic oxidation sites excluding steroid dienone is 2. The molecular formula is C31H27FN2O5. The van der Waals surface area contributed by atoms with Crippen molar-refractivity contribution in [3.8, 4) is 0 Å². The Morgan fingerprint density at radius 3 is 2.08 bits per heavy atom. The number of nitrogens with zero attached hydrogens (tertiary/aromatic N) is 1. The molecule has 5 rings (SSSR count). The minimum Gasteiger partial charge on any atom is -0.468 e. The van der Waals surface area contributed by atoms with Gasteiger partial charge in [0.25, 0.3) is 0 Å². The number of hydrogen-bond donors (Lipinski definition) is 1. The van der Waals surface area contributed by atoms with Crippen LogP contribution in [-0.4, -0.2) is 31.9 Å². The van der Waals surface area contributed by atoms with Gasteiger partial charge in [0, 0.05) is 22.9 Å². The van der Waals surface area contributed by atoms with Crippen molar-refractivity contribution in [2.75, 3.05) is 19.1 Å². The van der Waals surface area contributed by atoms with E-state index in [0.717, 1.165) is 5.56 Å². The predicted octanol–water partition coefficient (Wildman–Crippen LogP) is 4.57. The number of ketones is 1. The molecule has 0 aromatic heterocycles. The number of ether oxygens (including phenoxy) is 2. The highest BCUT2D eigenvalue weighted by molar-refractivity contribution is 6.14. The number of hydrogen-bond acceptors (Lipinski definition) is 7. The van der Waals surface area contributed by atoms with Crippen LogP contribution in [0.15, 0.2) is 108 Å². The first-order chi connectivity index (χ1) is 18.9. The Labute approximate surface area is 225 Å². The minimum absolute atomic E-state index is 0.0295. The van der Waals surface area contributed by atoms with Gasteiger partial charge in [0.1, 0.15) is 17.6 Å². The van der Waals surface area contributed by atoms with E-state index in [9.17, 15) is 18.8 Å². The molecule has 3 aromatic carbocycles. The molecule has 0 spiro atoms. The van der Waals surface area contributed by atoms with Gasteiger partial charge in [-0.25, -0.2) is 9.18 Å². The zero-order chi connectivity index (χ0) is 27.7. The highest BCUT2D eigenvalue weighted by atomic mass is 19.1. The van der Waals surface area contributed by atoms with E-state index in [1.807, 2.05) is 60.7 Å². The van der Waals surface area contributed by atoms with Crippen LogP contribution in [0, 0.1) is 11.7 Å². The van der Waals surface area contributed by atoms with Gasteiger partial charge >= 0.3 is 11.9 Å². The van der Waals surface area contributed by atoms with Crippen LogP contribution in [0.4, 0.5) is 10.1 Å². The summed E-state index contributed by atoms with van der Waals surface area (Å²) in [7, 11) is 2.47. The smallest absolute Gasteiger partial charge is 0.338 e. The Kier molecular flexibility index (Phi) is 7.02. The van der Waals surface area contributed by atoms with Crippen molar-refractivity contribution in [3.63, 3.8) is 0 Å². The molecule has 1 aliphatic carbocycles. The van der Waals surface area contributed by atoms with E-state index < -0.39 is 41.3 Å². The molecule has 1 aliphatic heterocycles. The number of carbonyl (C=O) groups is 3. The molecule has 2 aliphatic rings. The third-order valence-electron chi connectivity index (χ3n) is 7.34. The zero-order valence-electron chi connectivity index (χ0n) is 21.5. The highest BCUT2D eigenvalue weighted by Crippen LogP contribution is 2.51. The topological polar surface area (TPSA) is 98.9 Å². The molecule has 3 aromatic rings. The fraction of sp³-hybridized carbons (Fsp3) is 0.194. The molecule has 2 N–H and O–H groups in total. The summed E-state index contributed by atoms with van der Waals surface area (Å²) in [5, 5.41) is 0. The summed E-state index contributed by atoms with van der Waals surface area (Å²) in [6.45, 7) is 0. The Balaban J connectivity index is 1.82. The van der Waals surface area contributed by atoms with E-state index in [2.05, 4.69) is 0 Å². The molecule has 39 heavy (non-hydrogen) atoms. The van der Waals surface area contributed by atoms with Crippen LogP contribution in [0.3, 0.4) is 0 Å². The van der Waals surface area contributed by atoms with Crippen molar-refractivity contribution in [3.05, 3.63) is 125 Å². The van der Waals surface area contributed by atoms with Crippen molar-refractivity contribution in [1.29, 1.82) is 0 Å². The zero-order valence-corrected chi connectivity index (χ0v) is 21.5. The van der Waals surface area contributed by atoms with Crippen molar-refractivity contribution >= 4 is 23.4 Å². The van der Waals surface area contributed by atoms with Gasteiger partial charge in [0.15, 0.2) is 5.78 Å². The number of esters is 2. The molecule has 0 amide bonds. The Bertz CT molecular complexity index is 1480. The predicted molar refractivity (Wildman–Crippen MR) is 143 cm³/mol. The largest absolute Gasteiger partial charge is 0.468 e. The number of carbonyl (C=O) groups excluding carboxylic acids is 3. The lowest BCUT2D eigenvalue weighted by Gasteiger charge is -2.44. The fourth-order valence-corrected chi connectivity index (χ4v) is 5.61. The number of benzene rings is 3. The maximum atomic E-state index is 14.5. The number of methoxy groups -OCH3 is 2. The maximum absolute atomic E-state index is 14.5. The van der Waals surface area contributed by atoms with Crippen LogP contribution in [0.2, 0.25) is 0 Å². The Hall–Kier alpha value is -4.72. The van der Waals surface area contributed by atoms with E-state index >= 15 is 0 Å². The van der Waals surface area contributed by atoms with Crippen LogP contribution in [-0.2, 0) is 23.9 Å². The minimum atomic E-state index is -1.16. The molecule has 0 radical (unpaired) electrons. The average Bonchev–Trinajstić information content (AvgIpc) is 2.97. The summed E-state index contributed by atoms with van der Waals surface area (Å²) in [6, 6.07) is 23.9. The number of halogens is 1. The van der Waals surface area contributed by atoms with E-state index in [1.165, 1.54) is 38.5 Å². The third-order valence-corrected chi connectivity index (χ3v) is 7.34. The first-order valence-electron chi connectivity index (χ1n) is 12.5. The quantitative estimate of drug-likeness (QED) is 0.384. The molecule has 0 unspecified atom stereocenters. The number of Topliss-reactive ketones (excluding diaryl/α,β-unsaturated/α-hetero) is 1.